The van der Waals surface area contributed by atoms with Crippen molar-refractivity contribution in [3.63, 3.8) is 0 Å². The quantitative estimate of drug-likeness (QED) is 0.724. The van der Waals surface area contributed by atoms with Gasteiger partial charge < -0.3 is 10.3 Å². The summed E-state index contributed by atoms with van der Waals surface area (Å²) < 4.78 is 20.1. The van der Waals surface area contributed by atoms with Crippen LogP contribution in [0.15, 0.2) is 51.5 Å². The number of aromatic nitrogens is 1. The van der Waals surface area contributed by atoms with E-state index in [2.05, 4.69) is 21.1 Å². The Morgan fingerprint density at radius 3 is 2.67 bits per heavy atom. The molecule has 0 fully saturated rings. The van der Waals surface area contributed by atoms with Gasteiger partial charge in [0.15, 0.2) is 0 Å². The van der Waals surface area contributed by atoms with E-state index in [1.165, 1.54) is 6.07 Å². The summed E-state index contributed by atoms with van der Waals surface area (Å²) in [5, 5.41) is 4.00. The lowest BCUT2D eigenvalue weighted by molar-refractivity contribution is 0.439. The summed E-state index contributed by atoms with van der Waals surface area (Å²) in [5.74, 6) is -0.256. The highest BCUT2D eigenvalue weighted by Gasteiger charge is 2.20. The Morgan fingerprint density at radius 2 is 1.95 bits per heavy atom. The molecule has 0 aliphatic carbocycles. The third-order valence-corrected chi connectivity index (χ3v) is 3.64. The molecular weight excluding hydrogens is 335 g/mol. The molecule has 1 heterocycles. The van der Waals surface area contributed by atoms with Crippen LogP contribution in [0.5, 0.6) is 0 Å². The van der Waals surface area contributed by atoms with Crippen molar-refractivity contribution in [3.8, 4) is 22.4 Å². The number of hydrogen-bond donors (Lipinski definition) is 1. The van der Waals surface area contributed by atoms with Crippen LogP contribution in [0.25, 0.3) is 22.4 Å². The van der Waals surface area contributed by atoms with Crippen molar-refractivity contribution in [2.24, 2.45) is 0 Å². The fourth-order valence-corrected chi connectivity index (χ4v) is 2.90. The van der Waals surface area contributed by atoms with Crippen LogP contribution >= 0.6 is 15.9 Å². The first-order chi connectivity index (χ1) is 10.1. The highest BCUT2D eigenvalue weighted by Crippen LogP contribution is 2.38. The van der Waals surface area contributed by atoms with Gasteiger partial charge in [-0.2, -0.15) is 0 Å². The molecule has 0 bridgehead atoms. The molecule has 0 aliphatic heterocycles. The molecule has 3 rings (SSSR count). The van der Waals surface area contributed by atoms with Gasteiger partial charge in [0, 0.05) is 15.6 Å². The number of nitrogens with two attached hydrogens (primary N) is 1. The number of aryl methyl sites for hydroxylation is 1. The van der Waals surface area contributed by atoms with E-state index in [1.807, 2.05) is 25.1 Å². The van der Waals surface area contributed by atoms with Crippen molar-refractivity contribution in [1.82, 2.24) is 5.16 Å². The summed E-state index contributed by atoms with van der Waals surface area (Å²) in [6, 6.07) is 12.3. The summed E-state index contributed by atoms with van der Waals surface area (Å²) in [6.07, 6.45) is 0. The molecular formula is C16H12BrFN2O. The Hall–Kier alpha value is -2.14. The maximum Gasteiger partial charge on any atom is 0.230 e. The van der Waals surface area contributed by atoms with Gasteiger partial charge in [-0.1, -0.05) is 39.3 Å². The third-order valence-electron chi connectivity index (χ3n) is 3.18. The van der Waals surface area contributed by atoms with Crippen LogP contribution in [-0.2, 0) is 0 Å². The number of hydrogen-bond acceptors (Lipinski definition) is 3. The van der Waals surface area contributed by atoms with Crippen molar-refractivity contribution in [2.45, 2.75) is 6.92 Å². The van der Waals surface area contributed by atoms with E-state index in [0.29, 0.717) is 16.8 Å². The Balaban J connectivity index is 2.24. The first kappa shape index (κ1) is 13.8. The van der Waals surface area contributed by atoms with Gasteiger partial charge in [-0.25, -0.2) is 4.39 Å². The van der Waals surface area contributed by atoms with Gasteiger partial charge in [-0.15, -0.1) is 0 Å². The zero-order valence-electron chi connectivity index (χ0n) is 11.2. The van der Waals surface area contributed by atoms with Crippen LogP contribution < -0.4 is 5.73 Å². The van der Waals surface area contributed by atoms with E-state index < -0.39 is 0 Å². The normalized spacial score (nSPS) is 10.8. The van der Waals surface area contributed by atoms with Crippen molar-refractivity contribution >= 4 is 21.8 Å². The Bertz CT molecular complexity index is 794. The molecule has 0 spiro atoms. The fourth-order valence-electron chi connectivity index (χ4n) is 2.30. The van der Waals surface area contributed by atoms with Crippen LogP contribution in [0.3, 0.4) is 0 Å². The van der Waals surface area contributed by atoms with Crippen molar-refractivity contribution in [3.05, 3.63) is 58.3 Å². The molecule has 21 heavy (non-hydrogen) atoms. The molecule has 0 saturated carbocycles. The SMILES string of the molecule is Cc1cc(Br)cc(-c2noc(N)c2-c2ccccc2F)c1. The lowest BCUT2D eigenvalue weighted by Crippen LogP contribution is -1.91. The van der Waals surface area contributed by atoms with Crippen LogP contribution in [-0.4, -0.2) is 5.16 Å². The van der Waals surface area contributed by atoms with Gasteiger partial charge in [0.1, 0.15) is 11.5 Å². The lowest BCUT2D eigenvalue weighted by Gasteiger charge is -2.05. The Kier molecular flexibility index (Phi) is 3.51. The van der Waals surface area contributed by atoms with E-state index >= 15 is 0 Å². The minimum Gasteiger partial charge on any atom is -0.367 e. The standard InChI is InChI=1S/C16H12BrFN2O/c1-9-6-10(8-11(17)7-9)15-14(16(19)21-20-15)12-4-2-3-5-13(12)18/h2-8H,19H2,1H3. The second-order valence-electron chi connectivity index (χ2n) is 4.77. The number of rotatable bonds is 2. The first-order valence-corrected chi connectivity index (χ1v) is 7.13. The van der Waals surface area contributed by atoms with E-state index in [4.69, 9.17) is 10.3 Å². The minimum absolute atomic E-state index is 0.104. The van der Waals surface area contributed by atoms with Gasteiger partial charge in [-0.3, -0.25) is 0 Å². The van der Waals surface area contributed by atoms with Gasteiger partial charge in [-0.05, 0) is 36.8 Å². The van der Waals surface area contributed by atoms with E-state index in [1.54, 1.807) is 18.2 Å². The van der Waals surface area contributed by atoms with Crippen LogP contribution in [0, 0.1) is 12.7 Å². The fraction of sp³-hybridized carbons (Fsp3) is 0.0625. The topological polar surface area (TPSA) is 52.0 Å². The molecule has 5 heteroatoms. The molecule has 0 radical (unpaired) electrons. The lowest BCUT2D eigenvalue weighted by atomic mass is 9.99. The van der Waals surface area contributed by atoms with E-state index in [0.717, 1.165) is 15.6 Å². The maximum atomic E-state index is 14.1. The van der Waals surface area contributed by atoms with Gasteiger partial charge in [0.05, 0.1) is 5.56 Å². The minimum atomic E-state index is -0.361. The first-order valence-electron chi connectivity index (χ1n) is 6.34. The largest absolute Gasteiger partial charge is 0.367 e. The summed E-state index contributed by atoms with van der Waals surface area (Å²) in [5.41, 5.74) is 9.11. The predicted octanol–water partition coefficient (Wildman–Crippen LogP) is 4.80. The molecule has 2 aromatic carbocycles. The highest BCUT2D eigenvalue weighted by atomic mass is 79.9. The summed E-state index contributed by atoms with van der Waals surface area (Å²) in [4.78, 5) is 0. The second kappa shape index (κ2) is 5.33. The van der Waals surface area contributed by atoms with E-state index in [9.17, 15) is 4.39 Å². The Labute approximate surface area is 129 Å². The number of benzene rings is 2. The molecule has 3 aromatic rings. The summed E-state index contributed by atoms with van der Waals surface area (Å²) in [7, 11) is 0. The van der Waals surface area contributed by atoms with Gasteiger partial charge in [0.25, 0.3) is 0 Å². The molecule has 0 atom stereocenters. The Morgan fingerprint density at radius 1 is 1.19 bits per heavy atom. The molecule has 0 unspecified atom stereocenters. The number of nitrogen functional groups attached to an aromatic ring is 1. The number of nitrogens with zero attached hydrogens (tertiary/aromatic N) is 1. The van der Waals surface area contributed by atoms with Crippen LogP contribution in [0.1, 0.15) is 5.56 Å². The van der Waals surface area contributed by atoms with Crippen LogP contribution in [0.2, 0.25) is 0 Å². The number of halogens is 2. The average molecular weight is 347 g/mol. The molecule has 3 nitrogen and oxygen atoms in total. The highest BCUT2D eigenvalue weighted by molar-refractivity contribution is 9.10. The summed E-state index contributed by atoms with van der Waals surface area (Å²) in [6.45, 7) is 1.97. The maximum absolute atomic E-state index is 14.1. The van der Waals surface area contributed by atoms with Crippen molar-refractivity contribution in [2.75, 3.05) is 5.73 Å². The predicted molar refractivity (Wildman–Crippen MR) is 84.2 cm³/mol. The zero-order valence-corrected chi connectivity index (χ0v) is 12.8. The molecule has 2 N–H and O–H groups in total. The van der Waals surface area contributed by atoms with Gasteiger partial charge >= 0.3 is 0 Å². The molecule has 0 saturated heterocycles. The van der Waals surface area contributed by atoms with Gasteiger partial charge in [0.2, 0.25) is 5.88 Å². The van der Waals surface area contributed by atoms with Crippen molar-refractivity contribution < 1.29 is 8.91 Å². The molecule has 0 amide bonds. The zero-order chi connectivity index (χ0) is 15.0. The molecule has 1 aromatic heterocycles. The van der Waals surface area contributed by atoms with Crippen LogP contribution in [0.4, 0.5) is 10.3 Å². The average Bonchev–Trinajstić information content (AvgIpc) is 2.80. The number of anilines is 1. The summed E-state index contributed by atoms with van der Waals surface area (Å²) >= 11 is 3.45. The van der Waals surface area contributed by atoms with E-state index in [-0.39, 0.29) is 11.7 Å². The molecule has 106 valence electrons. The van der Waals surface area contributed by atoms with Crippen molar-refractivity contribution in [1.29, 1.82) is 0 Å². The smallest absolute Gasteiger partial charge is 0.230 e. The third kappa shape index (κ3) is 2.56. The molecule has 0 aliphatic rings. The second-order valence-corrected chi connectivity index (χ2v) is 5.68. The monoisotopic (exact) mass is 346 g/mol.